The van der Waals surface area contributed by atoms with Crippen molar-refractivity contribution in [3.05, 3.63) is 30.1 Å². The molecule has 0 spiro atoms. The minimum absolute atomic E-state index is 0. The van der Waals surface area contributed by atoms with Gasteiger partial charge >= 0.3 is 0 Å². The summed E-state index contributed by atoms with van der Waals surface area (Å²) in [5.74, 6) is 0. The first-order valence-corrected chi connectivity index (χ1v) is 7.57. The lowest BCUT2D eigenvalue weighted by Crippen LogP contribution is -2.11. The largest absolute Gasteiger partial charge is 0.395 e. The summed E-state index contributed by atoms with van der Waals surface area (Å²) in [6, 6.07) is 6.26. The van der Waals surface area contributed by atoms with E-state index >= 15 is 0 Å². The Morgan fingerprint density at radius 1 is 1.27 bits per heavy atom. The van der Waals surface area contributed by atoms with E-state index in [1.807, 2.05) is 6.07 Å². The Morgan fingerprint density at radius 3 is 2.64 bits per heavy atom. The van der Waals surface area contributed by atoms with Crippen molar-refractivity contribution in [3.8, 4) is 0 Å². The normalized spacial score (nSPS) is 11.3. The highest BCUT2D eigenvalue weighted by Gasteiger charge is 2.19. The summed E-state index contributed by atoms with van der Waals surface area (Å²) in [6.45, 7) is 7.25. The number of halogens is 2. The van der Waals surface area contributed by atoms with E-state index in [4.69, 9.17) is 10.1 Å². The van der Waals surface area contributed by atoms with Crippen LogP contribution in [0, 0.1) is 0 Å². The number of imidazole rings is 1. The molecule has 0 saturated heterocycles. The lowest BCUT2D eigenvalue weighted by molar-refractivity contribution is 0.311. The van der Waals surface area contributed by atoms with Crippen molar-refractivity contribution < 1.29 is 5.11 Å². The molecule has 3 aromatic rings. The number of aliphatic hydroxyl groups is 1. The molecule has 0 aliphatic heterocycles. The molecule has 2 N–H and O–H groups in total. The highest BCUT2D eigenvalue weighted by Crippen LogP contribution is 2.31. The predicted octanol–water partition coefficient (Wildman–Crippen LogP) is 4.09. The fourth-order valence-electron chi connectivity index (χ4n) is 2.17. The summed E-state index contributed by atoms with van der Waals surface area (Å²) in [7, 11) is 0. The van der Waals surface area contributed by atoms with Crippen LogP contribution in [0.25, 0.3) is 15.2 Å². The molecule has 0 saturated carbocycles. The van der Waals surface area contributed by atoms with E-state index in [1.165, 1.54) is 10.2 Å². The molecule has 7 heteroatoms. The molecule has 0 radical (unpaired) electrons. The molecule has 0 unspecified atom stereocenters. The molecule has 3 rings (SSSR count). The molecular formula is C15H21Cl2N3OS. The van der Waals surface area contributed by atoms with E-state index < -0.39 is 0 Å². The number of hydrogen-bond acceptors (Lipinski definition) is 4. The van der Waals surface area contributed by atoms with Crippen molar-refractivity contribution in [1.29, 1.82) is 0 Å². The van der Waals surface area contributed by atoms with Crippen LogP contribution in [0.5, 0.6) is 0 Å². The Bertz CT molecular complexity index is 761. The maximum absolute atomic E-state index is 8.85. The summed E-state index contributed by atoms with van der Waals surface area (Å²) in [5.41, 5.74) is 3.41. The number of nitrogens with zero attached hydrogens (tertiary/aromatic N) is 2. The van der Waals surface area contributed by atoms with Gasteiger partial charge in [-0.15, -0.1) is 24.8 Å². The van der Waals surface area contributed by atoms with Gasteiger partial charge in [0.2, 0.25) is 0 Å². The Labute approximate surface area is 146 Å². The number of thiazole rings is 1. The molecule has 0 aliphatic carbocycles. The number of benzene rings is 1. The number of anilines is 1. The smallest absolute Gasteiger partial charge is 0.194 e. The fraction of sp³-hybridized carbons (Fsp3) is 0.400. The van der Waals surface area contributed by atoms with E-state index in [2.05, 4.69) is 48.8 Å². The molecule has 0 bridgehead atoms. The monoisotopic (exact) mass is 361 g/mol. The summed E-state index contributed by atoms with van der Waals surface area (Å²) in [4.78, 5) is 5.77. The van der Waals surface area contributed by atoms with Gasteiger partial charge in [0.05, 0.1) is 22.5 Å². The summed E-state index contributed by atoms with van der Waals surface area (Å²) < 4.78 is 3.37. The van der Waals surface area contributed by atoms with Gasteiger partial charge in [0.15, 0.2) is 4.96 Å². The third-order valence-electron chi connectivity index (χ3n) is 3.30. The van der Waals surface area contributed by atoms with Gasteiger partial charge in [0.1, 0.15) is 0 Å². The predicted molar refractivity (Wildman–Crippen MR) is 99.3 cm³/mol. The average molecular weight is 362 g/mol. The van der Waals surface area contributed by atoms with E-state index in [1.54, 1.807) is 11.3 Å². The van der Waals surface area contributed by atoms with Crippen molar-refractivity contribution >= 4 is 57.0 Å². The van der Waals surface area contributed by atoms with Gasteiger partial charge in [0.25, 0.3) is 0 Å². The number of rotatable bonds is 3. The highest BCUT2D eigenvalue weighted by molar-refractivity contribution is 7.23. The van der Waals surface area contributed by atoms with Crippen molar-refractivity contribution in [3.63, 3.8) is 0 Å². The zero-order chi connectivity index (χ0) is 14.3. The van der Waals surface area contributed by atoms with Crippen LogP contribution < -0.4 is 5.32 Å². The molecule has 0 fully saturated rings. The van der Waals surface area contributed by atoms with Gasteiger partial charge < -0.3 is 10.4 Å². The Hall–Kier alpha value is -1.01. The number of hydrogen-bond donors (Lipinski definition) is 2. The molecular weight excluding hydrogens is 341 g/mol. The summed E-state index contributed by atoms with van der Waals surface area (Å²) in [6.07, 6.45) is 2.13. The van der Waals surface area contributed by atoms with Crippen LogP contribution in [0.15, 0.2) is 24.4 Å². The van der Waals surface area contributed by atoms with E-state index in [0.29, 0.717) is 6.54 Å². The Morgan fingerprint density at radius 2 is 2.00 bits per heavy atom. The van der Waals surface area contributed by atoms with Crippen molar-refractivity contribution in [2.45, 2.75) is 26.2 Å². The average Bonchev–Trinajstić information content (AvgIpc) is 2.92. The third-order valence-corrected chi connectivity index (χ3v) is 4.32. The minimum Gasteiger partial charge on any atom is -0.395 e. The van der Waals surface area contributed by atoms with Crippen LogP contribution in [0.4, 0.5) is 5.69 Å². The van der Waals surface area contributed by atoms with Crippen LogP contribution in [-0.2, 0) is 5.41 Å². The zero-order valence-corrected chi connectivity index (χ0v) is 15.2. The van der Waals surface area contributed by atoms with Crippen LogP contribution in [0.3, 0.4) is 0 Å². The molecule has 2 aromatic heterocycles. The second-order valence-electron chi connectivity index (χ2n) is 5.96. The SMILES string of the molecule is CC(C)(C)c1cn2c(n1)sc1cc(NCCO)ccc12.Cl.Cl. The van der Waals surface area contributed by atoms with Gasteiger partial charge in [-0.25, -0.2) is 4.98 Å². The Balaban J connectivity index is 0.00000121. The zero-order valence-electron chi connectivity index (χ0n) is 12.8. The molecule has 0 amide bonds. The quantitative estimate of drug-likeness (QED) is 0.738. The van der Waals surface area contributed by atoms with Crippen molar-refractivity contribution in [2.24, 2.45) is 0 Å². The maximum atomic E-state index is 8.85. The standard InChI is InChI=1S/C15H19N3OS.2ClH/c1-15(2,3)13-9-18-11-5-4-10(16-6-7-19)8-12(11)20-14(18)17-13;;/h4-5,8-9,16,19H,6-7H2,1-3H3;2*1H. The van der Waals surface area contributed by atoms with Gasteiger partial charge in [-0.3, -0.25) is 4.40 Å². The van der Waals surface area contributed by atoms with E-state index in [-0.39, 0.29) is 36.8 Å². The van der Waals surface area contributed by atoms with Gasteiger partial charge in [-0.05, 0) is 18.2 Å². The van der Waals surface area contributed by atoms with Gasteiger partial charge in [-0.2, -0.15) is 0 Å². The maximum Gasteiger partial charge on any atom is 0.194 e. The number of aliphatic hydroxyl groups excluding tert-OH is 1. The number of aromatic nitrogens is 2. The summed E-state index contributed by atoms with van der Waals surface area (Å²) >= 11 is 1.70. The van der Waals surface area contributed by atoms with Crippen molar-refractivity contribution in [2.75, 3.05) is 18.5 Å². The van der Waals surface area contributed by atoms with Crippen LogP contribution in [0.1, 0.15) is 26.5 Å². The lowest BCUT2D eigenvalue weighted by atomic mass is 9.93. The fourth-order valence-corrected chi connectivity index (χ4v) is 3.22. The second-order valence-corrected chi connectivity index (χ2v) is 6.97. The first-order chi connectivity index (χ1) is 9.49. The van der Waals surface area contributed by atoms with Gasteiger partial charge in [0, 0.05) is 23.8 Å². The van der Waals surface area contributed by atoms with Gasteiger partial charge in [-0.1, -0.05) is 32.1 Å². The van der Waals surface area contributed by atoms with E-state index in [9.17, 15) is 0 Å². The molecule has 122 valence electrons. The van der Waals surface area contributed by atoms with Crippen LogP contribution in [0.2, 0.25) is 0 Å². The topological polar surface area (TPSA) is 49.6 Å². The number of nitrogens with one attached hydrogen (secondary N) is 1. The molecule has 2 heterocycles. The third kappa shape index (κ3) is 3.49. The molecule has 22 heavy (non-hydrogen) atoms. The molecule has 4 nitrogen and oxygen atoms in total. The van der Waals surface area contributed by atoms with Crippen LogP contribution in [-0.4, -0.2) is 27.6 Å². The first kappa shape index (κ1) is 19.0. The molecule has 0 aliphatic rings. The Kier molecular flexibility index (Phi) is 6.10. The van der Waals surface area contributed by atoms with Crippen molar-refractivity contribution in [1.82, 2.24) is 9.38 Å². The molecule has 0 atom stereocenters. The van der Waals surface area contributed by atoms with E-state index in [0.717, 1.165) is 16.3 Å². The first-order valence-electron chi connectivity index (χ1n) is 6.76. The second kappa shape index (κ2) is 7.04. The van der Waals surface area contributed by atoms with Crippen LogP contribution >= 0.6 is 36.2 Å². The lowest BCUT2D eigenvalue weighted by Gasteiger charge is -2.13. The summed E-state index contributed by atoms with van der Waals surface area (Å²) in [5, 5.41) is 12.0. The number of fused-ring (bicyclic) bond motifs is 3. The molecule has 1 aromatic carbocycles. The minimum atomic E-state index is 0. The highest BCUT2D eigenvalue weighted by atomic mass is 35.5.